The Morgan fingerprint density at radius 2 is 1.04 bits per heavy atom. The molecule has 5 N–H and O–H groups in total. The molecule has 0 fully saturated rings. The topological polar surface area (TPSA) is 176 Å². The van der Waals surface area contributed by atoms with E-state index in [1.165, 1.54) is 13.8 Å². The van der Waals surface area contributed by atoms with E-state index >= 15 is 0 Å². The molecule has 0 aliphatic rings. The van der Waals surface area contributed by atoms with Crippen LogP contribution >= 0.6 is 0 Å². The van der Waals surface area contributed by atoms with Crippen molar-refractivity contribution in [1.82, 2.24) is 9.80 Å². The quantitative estimate of drug-likeness (QED) is 0.265. The van der Waals surface area contributed by atoms with E-state index in [9.17, 15) is 24.3 Å². The number of hydrogen-bond donors (Lipinski definition) is 5. The van der Waals surface area contributed by atoms with Gasteiger partial charge in [-0.25, -0.2) is 0 Å². The van der Waals surface area contributed by atoms with Crippen LogP contribution in [-0.2, 0) is 19.2 Å². The number of rotatable bonds is 12. The maximum atomic E-state index is 11.0. The van der Waals surface area contributed by atoms with Crippen molar-refractivity contribution in [2.45, 2.75) is 32.0 Å². The SMILES string of the molecule is C[C@@H](C(=O)O)N(CC(=O)O)CC(O)CN(CC(=O)O)[C@@H](C)C(=O)O. The van der Waals surface area contributed by atoms with Crippen LogP contribution in [0.3, 0.4) is 0 Å². The van der Waals surface area contributed by atoms with Crippen LogP contribution < -0.4 is 0 Å². The summed E-state index contributed by atoms with van der Waals surface area (Å²) in [7, 11) is 0. The summed E-state index contributed by atoms with van der Waals surface area (Å²) in [6.45, 7) is 0.458. The number of carboxylic acids is 4. The largest absolute Gasteiger partial charge is 0.480 e. The third kappa shape index (κ3) is 7.85. The number of aliphatic carboxylic acids is 4. The molecule has 11 nitrogen and oxygen atoms in total. The molecule has 0 amide bonds. The maximum Gasteiger partial charge on any atom is 0.320 e. The van der Waals surface area contributed by atoms with Gasteiger partial charge in [-0.05, 0) is 13.8 Å². The number of hydrogen-bond acceptors (Lipinski definition) is 7. The molecule has 0 saturated heterocycles. The fourth-order valence-corrected chi connectivity index (χ4v) is 1.98. The number of nitrogens with zero attached hydrogens (tertiary/aromatic N) is 2. The average Bonchev–Trinajstić information content (AvgIpc) is 2.42. The second-order valence-electron chi connectivity index (χ2n) is 5.33. The number of carbonyl (C=O) groups is 4. The molecule has 0 aromatic heterocycles. The van der Waals surface area contributed by atoms with Crippen molar-refractivity contribution in [1.29, 1.82) is 0 Å². The van der Waals surface area contributed by atoms with Crippen molar-refractivity contribution in [2.75, 3.05) is 26.2 Å². The molecule has 0 unspecified atom stereocenters. The van der Waals surface area contributed by atoms with Gasteiger partial charge in [0.25, 0.3) is 0 Å². The lowest BCUT2D eigenvalue weighted by atomic mass is 10.2. The summed E-state index contributed by atoms with van der Waals surface area (Å²) in [6, 6.07) is -2.39. The van der Waals surface area contributed by atoms with Crippen molar-refractivity contribution in [3.63, 3.8) is 0 Å². The van der Waals surface area contributed by atoms with Gasteiger partial charge in [0, 0.05) is 13.1 Å². The summed E-state index contributed by atoms with van der Waals surface area (Å²) in [5.41, 5.74) is 0. The first-order valence-electron chi connectivity index (χ1n) is 7.01. The minimum Gasteiger partial charge on any atom is -0.480 e. The maximum absolute atomic E-state index is 11.0. The van der Waals surface area contributed by atoms with Crippen LogP contribution in [0.4, 0.5) is 0 Å². The predicted molar refractivity (Wildman–Crippen MR) is 78.6 cm³/mol. The Balaban J connectivity index is 5.01. The Labute approximate surface area is 137 Å². The molecule has 0 aliphatic heterocycles. The zero-order chi connectivity index (χ0) is 19.0. The summed E-state index contributed by atoms with van der Waals surface area (Å²) in [5.74, 6) is -5.16. The molecule has 0 saturated carbocycles. The molecule has 24 heavy (non-hydrogen) atoms. The lowest BCUT2D eigenvalue weighted by Gasteiger charge is -2.31. The molecule has 0 bridgehead atoms. The minimum atomic E-state index is -1.34. The summed E-state index contributed by atoms with van der Waals surface area (Å²) in [5, 5.41) is 45.6. The van der Waals surface area contributed by atoms with Crippen molar-refractivity contribution >= 4 is 23.9 Å². The van der Waals surface area contributed by atoms with Crippen molar-refractivity contribution < 1.29 is 44.7 Å². The Bertz CT molecular complexity index is 440. The van der Waals surface area contributed by atoms with Gasteiger partial charge < -0.3 is 25.5 Å². The third-order valence-electron chi connectivity index (χ3n) is 3.38. The van der Waals surface area contributed by atoms with E-state index in [0.717, 1.165) is 9.80 Å². The Kier molecular flexibility index (Phi) is 8.89. The smallest absolute Gasteiger partial charge is 0.320 e. The van der Waals surface area contributed by atoms with Crippen molar-refractivity contribution in [3.05, 3.63) is 0 Å². The van der Waals surface area contributed by atoms with Crippen LogP contribution in [0.25, 0.3) is 0 Å². The van der Waals surface area contributed by atoms with Gasteiger partial charge in [-0.1, -0.05) is 0 Å². The average molecular weight is 350 g/mol. The molecule has 0 heterocycles. The van der Waals surface area contributed by atoms with Gasteiger partial charge in [-0.15, -0.1) is 0 Å². The van der Waals surface area contributed by atoms with E-state index in [4.69, 9.17) is 20.4 Å². The first-order chi connectivity index (χ1) is 11.0. The monoisotopic (exact) mass is 350 g/mol. The Hall–Kier alpha value is -2.24. The summed E-state index contributed by atoms with van der Waals surface area (Å²) in [6.07, 6.45) is -1.34. The molecule has 138 valence electrons. The summed E-state index contributed by atoms with van der Waals surface area (Å²) in [4.78, 5) is 45.5. The fraction of sp³-hybridized carbons (Fsp3) is 0.692. The molecule has 0 aromatic rings. The van der Waals surface area contributed by atoms with E-state index < -0.39 is 55.2 Å². The first kappa shape index (κ1) is 21.8. The predicted octanol–water partition coefficient (Wildman–Crippen LogP) is -1.93. The van der Waals surface area contributed by atoms with Gasteiger partial charge >= 0.3 is 23.9 Å². The second-order valence-corrected chi connectivity index (χ2v) is 5.33. The number of carboxylic acid groups (broad SMARTS) is 4. The zero-order valence-corrected chi connectivity index (χ0v) is 13.3. The van der Waals surface area contributed by atoms with Crippen molar-refractivity contribution in [3.8, 4) is 0 Å². The van der Waals surface area contributed by atoms with Crippen LogP contribution in [0.15, 0.2) is 0 Å². The molecule has 0 rings (SSSR count). The molecule has 2 atom stereocenters. The molecule has 0 spiro atoms. The van der Waals surface area contributed by atoms with Crippen LogP contribution in [0.2, 0.25) is 0 Å². The molecule has 0 aromatic carbocycles. The zero-order valence-electron chi connectivity index (χ0n) is 13.3. The van der Waals surface area contributed by atoms with Crippen LogP contribution in [-0.4, -0.2) is 104 Å². The van der Waals surface area contributed by atoms with E-state index in [-0.39, 0.29) is 13.1 Å². The van der Waals surface area contributed by atoms with Crippen LogP contribution in [0.1, 0.15) is 13.8 Å². The highest BCUT2D eigenvalue weighted by molar-refractivity contribution is 5.75. The molecule has 11 heteroatoms. The summed E-state index contributed by atoms with van der Waals surface area (Å²) < 4.78 is 0. The van der Waals surface area contributed by atoms with E-state index in [1.807, 2.05) is 0 Å². The summed E-state index contributed by atoms with van der Waals surface area (Å²) >= 11 is 0. The second kappa shape index (κ2) is 9.80. The lowest BCUT2D eigenvalue weighted by molar-refractivity contribution is -0.146. The highest BCUT2D eigenvalue weighted by Gasteiger charge is 2.29. The highest BCUT2D eigenvalue weighted by Crippen LogP contribution is 2.06. The number of aliphatic hydroxyl groups excluding tert-OH is 1. The van der Waals surface area contributed by atoms with E-state index in [2.05, 4.69) is 0 Å². The van der Waals surface area contributed by atoms with Crippen molar-refractivity contribution in [2.24, 2.45) is 0 Å². The van der Waals surface area contributed by atoms with Gasteiger partial charge in [-0.3, -0.25) is 29.0 Å². The Morgan fingerprint density at radius 1 is 0.750 bits per heavy atom. The van der Waals surface area contributed by atoms with E-state index in [0.29, 0.717) is 0 Å². The van der Waals surface area contributed by atoms with Gasteiger partial charge in [0.2, 0.25) is 0 Å². The minimum absolute atomic E-state index is 0.373. The van der Waals surface area contributed by atoms with E-state index in [1.54, 1.807) is 0 Å². The lowest BCUT2D eigenvalue weighted by Crippen LogP contribution is -2.51. The molecule has 0 aliphatic carbocycles. The van der Waals surface area contributed by atoms with Gasteiger partial charge in [-0.2, -0.15) is 0 Å². The van der Waals surface area contributed by atoms with Gasteiger partial charge in [0.15, 0.2) is 0 Å². The van der Waals surface area contributed by atoms with Crippen LogP contribution in [0.5, 0.6) is 0 Å². The molecule has 0 radical (unpaired) electrons. The highest BCUT2D eigenvalue weighted by atomic mass is 16.4. The molecular formula is C13H22N2O9. The third-order valence-corrected chi connectivity index (χ3v) is 3.38. The fourth-order valence-electron chi connectivity index (χ4n) is 1.98. The Morgan fingerprint density at radius 3 is 1.25 bits per heavy atom. The van der Waals surface area contributed by atoms with Gasteiger partial charge in [0.05, 0.1) is 19.2 Å². The molecular weight excluding hydrogens is 328 g/mol. The van der Waals surface area contributed by atoms with Crippen LogP contribution in [0, 0.1) is 0 Å². The first-order valence-corrected chi connectivity index (χ1v) is 7.01. The van der Waals surface area contributed by atoms with Gasteiger partial charge in [0.1, 0.15) is 12.1 Å². The standard InChI is InChI=1S/C13H22N2O9/c1-7(12(21)22)14(5-10(17)18)3-9(16)4-15(6-11(19)20)8(2)13(23)24/h7-9,16H,3-6H2,1-2H3,(H,17,18)(H,19,20)(H,21,22)(H,23,24)/t7-,8-/m0/s1. The normalized spacial score (nSPS) is 13.9. The number of aliphatic hydroxyl groups is 1.